The van der Waals surface area contributed by atoms with Crippen molar-refractivity contribution in [3.8, 4) is 5.75 Å². The third-order valence-electron chi connectivity index (χ3n) is 3.28. The van der Waals surface area contributed by atoms with E-state index in [0.29, 0.717) is 10.6 Å². The van der Waals surface area contributed by atoms with Crippen LogP contribution in [-0.2, 0) is 0 Å². The Morgan fingerprint density at radius 1 is 1.19 bits per heavy atom. The SMILES string of the molecule is Cc1cc(O)ccc1C(=O)N(C)c1ccc(C(N)=S)cc1. The molecule has 108 valence electrons. The Morgan fingerprint density at radius 2 is 1.81 bits per heavy atom. The molecular weight excluding hydrogens is 284 g/mol. The van der Waals surface area contributed by atoms with Crippen molar-refractivity contribution in [2.75, 3.05) is 11.9 Å². The molecule has 2 rings (SSSR count). The van der Waals surface area contributed by atoms with Gasteiger partial charge in [-0.25, -0.2) is 0 Å². The van der Waals surface area contributed by atoms with Gasteiger partial charge >= 0.3 is 0 Å². The van der Waals surface area contributed by atoms with Crippen molar-refractivity contribution in [2.45, 2.75) is 6.92 Å². The number of thiocarbonyl (C=S) groups is 1. The second-order valence-electron chi connectivity index (χ2n) is 4.77. The van der Waals surface area contributed by atoms with E-state index < -0.39 is 0 Å². The Balaban J connectivity index is 2.28. The number of amides is 1. The molecule has 0 heterocycles. The Bertz CT molecular complexity index is 696. The van der Waals surface area contributed by atoms with Crippen LogP contribution >= 0.6 is 12.2 Å². The summed E-state index contributed by atoms with van der Waals surface area (Å²) in [5.41, 5.74) is 8.33. The maximum atomic E-state index is 12.5. The number of benzene rings is 2. The van der Waals surface area contributed by atoms with Crippen LogP contribution in [0.25, 0.3) is 0 Å². The minimum Gasteiger partial charge on any atom is -0.508 e. The Kier molecular flexibility index (Phi) is 4.23. The van der Waals surface area contributed by atoms with Gasteiger partial charge in [-0.05, 0) is 55.0 Å². The number of hydrogen-bond donors (Lipinski definition) is 2. The lowest BCUT2D eigenvalue weighted by atomic mass is 10.1. The molecule has 4 nitrogen and oxygen atoms in total. The first-order valence-corrected chi connectivity index (χ1v) is 6.78. The molecule has 0 aliphatic rings. The molecule has 0 bridgehead atoms. The van der Waals surface area contributed by atoms with Crippen molar-refractivity contribution >= 4 is 28.8 Å². The lowest BCUT2D eigenvalue weighted by molar-refractivity contribution is 0.0992. The molecule has 1 amide bonds. The average molecular weight is 300 g/mol. The molecule has 0 unspecified atom stereocenters. The van der Waals surface area contributed by atoms with E-state index in [4.69, 9.17) is 18.0 Å². The van der Waals surface area contributed by atoms with Crippen molar-refractivity contribution in [3.05, 3.63) is 59.2 Å². The molecule has 0 fully saturated rings. The molecule has 0 saturated heterocycles. The molecule has 2 aromatic carbocycles. The minimum absolute atomic E-state index is 0.143. The summed E-state index contributed by atoms with van der Waals surface area (Å²) in [7, 11) is 1.70. The number of phenols is 1. The lowest BCUT2D eigenvalue weighted by Gasteiger charge is -2.19. The molecule has 5 heteroatoms. The van der Waals surface area contributed by atoms with Crippen LogP contribution in [0.4, 0.5) is 5.69 Å². The number of hydrogen-bond acceptors (Lipinski definition) is 3. The van der Waals surface area contributed by atoms with Gasteiger partial charge < -0.3 is 15.7 Å². The van der Waals surface area contributed by atoms with Crippen molar-refractivity contribution in [1.29, 1.82) is 0 Å². The third kappa shape index (κ3) is 3.20. The van der Waals surface area contributed by atoms with Crippen LogP contribution in [0.1, 0.15) is 21.5 Å². The molecule has 0 saturated carbocycles. The largest absolute Gasteiger partial charge is 0.508 e. The zero-order valence-electron chi connectivity index (χ0n) is 11.8. The topological polar surface area (TPSA) is 66.6 Å². The summed E-state index contributed by atoms with van der Waals surface area (Å²) in [6.45, 7) is 1.79. The van der Waals surface area contributed by atoms with Gasteiger partial charge in [0.1, 0.15) is 10.7 Å². The number of nitrogens with two attached hydrogens (primary N) is 1. The van der Waals surface area contributed by atoms with Gasteiger partial charge in [0.05, 0.1) is 0 Å². The van der Waals surface area contributed by atoms with Gasteiger partial charge in [-0.2, -0.15) is 0 Å². The maximum Gasteiger partial charge on any atom is 0.258 e. The van der Waals surface area contributed by atoms with E-state index in [2.05, 4.69) is 0 Å². The highest BCUT2D eigenvalue weighted by Gasteiger charge is 2.16. The predicted molar refractivity (Wildman–Crippen MR) is 87.9 cm³/mol. The molecule has 3 N–H and O–H groups in total. The molecule has 0 aliphatic carbocycles. The van der Waals surface area contributed by atoms with Crippen LogP contribution in [0.5, 0.6) is 5.75 Å². The maximum absolute atomic E-state index is 12.5. The lowest BCUT2D eigenvalue weighted by Crippen LogP contribution is -2.27. The summed E-state index contributed by atoms with van der Waals surface area (Å²) in [4.78, 5) is 14.4. The van der Waals surface area contributed by atoms with Crippen molar-refractivity contribution in [1.82, 2.24) is 0 Å². The van der Waals surface area contributed by atoms with Gasteiger partial charge in [-0.3, -0.25) is 4.79 Å². The standard InChI is InChI=1S/C16H16N2O2S/c1-10-9-13(19)7-8-14(10)16(20)18(2)12-5-3-11(4-6-12)15(17)21/h3-9,19H,1-2H3,(H2,17,21). The fraction of sp³-hybridized carbons (Fsp3) is 0.125. The summed E-state index contributed by atoms with van der Waals surface area (Å²) in [5.74, 6) is 0.00286. The number of rotatable bonds is 3. The Hall–Kier alpha value is -2.40. The van der Waals surface area contributed by atoms with Gasteiger partial charge in [0, 0.05) is 23.9 Å². The smallest absolute Gasteiger partial charge is 0.258 e. The van der Waals surface area contributed by atoms with E-state index in [0.717, 1.165) is 16.8 Å². The monoisotopic (exact) mass is 300 g/mol. The summed E-state index contributed by atoms with van der Waals surface area (Å²) in [6, 6.07) is 11.8. The predicted octanol–water partition coefficient (Wildman–Crippen LogP) is 2.61. The number of aromatic hydroxyl groups is 1. The molecule has 0 radical (unpaired) electrons. The highest BCUT2D eigenvalue weighted by molar-refractivity contribution is 7.80. The van der Waals surface area contributed by atoms with Crippen molar-refractivity contribution in [3.63, 3.8) is 0 Å². The quantitative estimate of drug-likeness (QED) is 0.855. The molecule has 0 aliphatic heterocycles. The molecule has 2 aromatic rings. The molecular formula is C16H16N2O2S. The molecule has 21 heavy (non-hydrogen) atoms. The first-order chi connectivity index (χ1) is 9.90. The number of carbonyl (C=O) groups is 1. The number of nitrogens with zero attached hydrogens (tertiary/aromatic N) is 1. The summed E-state index contributed by atoms with van der Waals surface area (Å²) in [6.07, 6.45) is 0. The minimum atomic E-state index is -0.143. The van der Waals surface area contributed by atoms with Crippen LogP contribution in [0.3, 0.4) is 0 Å². The van der Waals surface area contributed by atoms with E-state index in [9.17, 15) is 9.90 Å². The van der Waals surface area contributed by atoms with Crippen molar-refractivity contribution in [2.24, 2.45) is 5.73 Å². The van der Waals surface area contributed by atoms with Gasteiger partial charge in [-0.1, -0.05) is 12.2 Å². The summed E-state index contributed by atoms with van der Waals surface area (Å²) < 4.78 is 0. The second-order valence-corrected chi connectivity index (χ2v) is 5.21. The van der Waals surface area contributed by atoms with E-state index in [-0.39, 0.29) is 11.7 Å². The Labute approximate surface area is 128 Å². The first kappa shape index (κ1) is 15.0. The summed E-state index contributed by atoms with van der Waals surface area (Å²) in [5, 5.41) is 9.41. The van der Waals surface area contributed by atoms with Crippen LogP contribution in [0.15, 0.2) is 42.5 Å². The molecule has 0 spiro atoms. The van der Waals surface area contributed by atoms with Crippen LogP contribution in [0.2, 0.25) is 0 Å². The zero-order valence-corrected chi connectivity index (χ0v) is 12.6. The molecule has 0 aromatic heterocycles. The third-order valence-corrected chi connectivity index (χ3v) is 3.52. The van der Waals surface area contributed by atoms with Crippen LogP contribution in [-0.4, -0.2) is 23.0 Å². The van der Waals surface area contributed by atoms with Gasteiger partial charge in [0.2, 0.25) is 0 Å². The van der Waals surface area contributed by atoms with Crippen LogP contribution < -0.4 is 10.6 Å². The fourth-order valence-corrected chi connectivity index (χ4v) is 2.17. The van der Waals surface area contributed by atoms with E-state index in [1.807, 2.05) is 0 Å². The number of aryl methyl sites for hydroxylation is 1. The molecule has 0 atom stereocenters. The van der Waals surface area contributed by atoms with Crippen molar-refractivity contribution < 1.29 is 9.90 Å². The second kappa shape index (κ2) is 5.93. The fourth-order valence-electron chi connectivity index (χ4n) is 2.04. The van der Waals surface area contributed by atoms with Crippen LogP contribution in [0, 0.1) is 6.92 Å². The van der Waals surface area contributed by atoms with Gasteiger partial charge in [0.25, 0.3) is 5.91 Å². The number of phenolic OH excluding ortho intramolecular Hbond substituents is 1. The van der Waals surface area contributed by atoms with Gasteiger partial charge in [0.15, 0.2) is 0 Å². The normalized spacial score (nSPS) is 10.2. The zero-order chi connectivity index (χ0) is 15.6. The first-order valence-electron chi connectivity index (χ1n) is 6.37. The van der Waals surface area contributed by atoms with Gasteiger partial charge in [-0.15, -0.1) is 0 Å². The van der Waals surface area contributed by atoms with E-state index in [1.54, 1.807) is 55.3 Å². The average Bonchev–Trinajstić information content (AvgIpc) is 2.46. The number of carbonyl (C=O) groups excluding carboxylic acids is 1. The highest BCUT2D eigenvalue weighted by Crippen LogP contribution is 2.21. The number of anilines is 1. The van der Waals surface area contributed by atoms with E-state index >= 15 is 0 Å². The van der Waals surface area contributed by atoms with E-state index in [1.165, 1.54) is 6.07 Å². The summed E-state index contributed by atoms with van der Waals surface area (Å²) >= 11 is 4.90. The highest BCUT2D eigenvalue weighted by atomic mass is 32.1. The Morgan fingerprint density at radius 3 is 2.33 bits per heavy atom.